The van der Waals surface area contributed by atoms with Gasteiger partial charge >= 0.3 is 6.09 Å². The molecule has 0 radical (unpaired) electrons. The van der Waals surface area contributed by atoms with Crippen molar-refractivity contribution in [1.82, 2.24) is 10.6 Å². The van der Waals surface area contributed by atoms with Gasteiger partial charge in [-0.05, 0) is 54.2 Å². The number of hydrogen-bond donors (Lipinski definition) is 4. The number of guanidine groups is 1. The third-order valence-electron chi connectivity index (χ3n) is 7.62. The second kappa shape index (κ2) is 20.5. The van der Waals surface area contributed by atoms with Crippen LogP contribution in [0.3, 0.4) is 0 Å². The fourth-order valence-electron chi connectivity index (χ4n) is 4.96. The molecule has 2 aromatic rings. The molecule has 0 saturated heterocycles. The van der Waals surface area contributed by atoms with Crippen molar-refractivity contribution in [2.45, 2.75) is 72.4 Å². The van der Waals surface area contributed by atoms with Crippen LogP contribution >= 0.6 is 0 Å². The van der Waals surface area contributed by atoms with E-state index in [1.807, 2.05) is 88.4 Å². The van der Waals surface area contributed by atoms with Crippen LogP contribution in [-0.4, -0.2) is 48.7 Å². The molecule has 0 aromatic heterocycles. The predicted molar refractivity (Wildman–Crippen MR) is 182 cm³/mol. The summed E-state index contributed by atoms with van der Waals surface area (Å²) in [6.45, 7) is 8.69. The van der Waals surface area contributed by atoms with E-state index in [1.165, 1.54) is 0 Å². The van der Waals surface area contributed by atoms with Crippen LogP contribution in [0.25, 0.3) is 6.08 Å². The summed E-state index contributed by atoms with van der Waals surface area (Å²) in [6, 6.07) is 18.0. The zero-order valence-corrected chi connectivity index (χ0v) is 27.6. The lowest BCUT2D eigenvalue weighted by Gasteiger charge is -2.24. The van der Waals surface area contributed by atoms with Gasteiger partial charge in [0, 0.05) is 31.8 Å². The zero-order chi connectivity index (χ0) is 33.9. The number of alkyl carbamates (subject to hydrolysis) is 1. The van der Waals surface area contributed by atoms with Crippen molar-refractivity contribution in [3.8, 4) is 0 Å². The summed E-state index contributed by atoms with van der Waals surface area (Å²) in [5.41, 5.74) is 12.6. The maximum Gasteiger partial charge on any atom is 0.408 e. The number of nitrogens with one attached hydrogen (secondary N) is 2. The third kappa shape index (κ3) is 15.5. The third-order valence-corrected chi connectivity index (χ3v) is 7.62. The minimum absolute atomic E-state index is 0.0143. The highest BCUT2D eigenvalue weighted by molar-refractivity contribution is 5.94. The number of ether oxygens (including phenoxy) is 1. The minimum atomic E-state index is -0.877. The van der Waals surface area contributed by atoms with Crippen LogP contribution in [0.5, 0.6) is 0 Å². The Morgan fingerprint density at radius 2 is 1.57 bits per heavy atom. The maximum atomic E-state index is 13.6. The standard InChI is InChI=1S/C36H51N5O5/c1-25(2)20-29(34(44)40-23-30(26(3)4)21-31(42)18-17-27-12-7-5-8-13-27)22-33(43)32(16-11-19-39-35(37)38)41-36(45)46-24-28-14-9-6-10-15-28/h5-10,12-15,17-18,25-26,29-30,32H,11,16,19-24H2,1-4H3,(H,40,44)(H,41,45)(H4,37,38,39)/b18-17+. The molecule has 46 heavy (non-hydrogen) atoms. The first kappa shape index (κ1) is 37.7. The van der Waals surface area contributed by atoms with Crippen LogP contribution in [0.1, 0.15) is 70.9 Å². The number of amides is 2. The lowest BCUT2D eigenvalue weighted by Crippen LogP contribution is -2.44. The number of carbonyl (C=O) groups is 4. The first-order chi connectivity index (χ1) is 21.9. The Morgan fingerprint density at radius 3 is 2.17 bits per heavy atom. The molecule has 2 aromatic carbocycles. The second-order valence-corrected chi connectivity index (χ2v) is 12.4. The van der Waals surface area contributed by atoms with E-state index in [0.717, 1.165) is 11.1 Å². The molecule has 0 fully saturated rings. The first-order valence-electron chi connectivity index (χ1n) is 16.0. The molecule has 6 N–H and O–H groups in total. The topological polar surface area (TPSA) is 166 Å². The van der Waals surface area contributed by atoms with Gasteiger partial charge in [-0.15, -0.1) is 0 Å². The van der Waals surface area contributed by atoms with Crippen molar-refractivity contribution >= 4 is 35.6 Å². The summed E-state index contributed by atoms with van der Waals surface area (Å²) in [4.78, 5) is 56.4. The Kier molecular flexibility index (Phi) is 16.8. The van der Waals surface area contributed by atoms with Crippen LogP contribution in [0.2, 0.25) is 0 Å². The van der Waals surface area contributed by atoms with Gasteiger partial charge in [0.05, 0.1) is 6.04 Å². The number of nitrogens with zero attached hydrogens (tertiary/aromatic N) is 1. The van der Waals surface area contributed by atoms with E-state index in [1.54, 1.807) is 12.2 Å². The average Bonchev–Trinajstić information content (AvgIpc) is 3.02. The molecule has 250 valence electrons. The van der Waals surface area contributed by atoms with Crippen LogP contribution in [0, 0.1) is 23.7 Å². The second-order valence-electron chi connectivity index (χ2n) is 12.4. The minimum Gasteiger partial charge on any atom is -0.445 e. The van der Waals surface area contributed by atoms with E-state index in [9.17, 15) is 19.2 Å². The predicted octanol–water partition coefficient (Wildman–Crippen LogP) is 5.02. The van der Waals surface area contributed by atoms with E-state index in [-0.39, 0.29) is 60.6 Å². The number of Topliss-reactive ketones (excluding diaryl/α,β-unsaturated/α-hetero) is 1. The van der Waals surface area contributed by atoms with Gasteiger partial charge in [-0.1, -0.05) is 94.4 Å². The number of rotatable bonds is 20. The monoisotopic (exact) mass is 633 g/mol. The van der Waals surface area contributed by atoms with Gasteiger partial charge in [0.15, 0.2) is 17.5 Å². The molecule has 0 aliphatic rings. The largest absolute Gasteiger partial charge is 0.445 e. The summed E-state index contributed by atoms with van der Waals surface area (Å²) in [7, 11) is 0. The Balaban J connectivity index is 2.05. The fraction of sp³-hybridized carbons (Fsp3) is 0.472. The van der Waals surface area contributed by atoms with E-state index in [2.05, 4.69) is 15.6 Å². The molecule has 2 rings (SSSR count). The highest BCUT2D eigenvalue weighted by atomic mass is 16.5. The summed E-state index contributed by atoms with van der Waals surface area (Å²) in [5, 5.41) is 5.70. The van der Waals surface area contributed by atoms with Crippen molar-refractivity contribution in [3.63, 3.8) is 0 Å². The number of allylic oxidation sites excluding steroid dienone is 1. The van der Waals surface area contributed by atoms with E-state index < -0.39 is 18.1 Å². The average molecular weight is 634 g/mol. The van der Waals surface area contributed by atoms with Crippen LogP contribution in [-0.2, 0) is 25.7 Å². The quantitative estimate of drug-likeness (QED) is 0.0688. The van der Waals surface area contributed by atoms with Gasteiger partial charge in [0.2, 0.25) is 5.91 Å². The molecular formula is C36H51N5O5. The molecule has 0 bridgehead atoms. The lowest BCUT2D eigenvalue weighted by molar-refractivity contribution is -0.131. The Bertz CT molecular complexity index is 1290. The molecule has 0 aliphatic carbocycles. The summed E-state index contributed by atoms with van der Waals surface area (Å²) in [6.07, 6.45) is 4.10. The molecular weight excluding hydrogens is 582 g/mol. The summed E-state index contributed by atoms with van der Waals surface area (Å²) in [5.74, 6) is -0.957. The highest BCUT2D eigenvalue weighted by Crippen LogP contribution is 2.20. The molecule has 0 saturated carbocycles. The number of nitrogens with two attached hydrogens (primary N) is 2. The molecule has 2 amide bonds. The van der Waals surface area contributed by atoms with Gasteiger partial charge in [-0.3, -0.25) is 19.4 Å². The Morgan fingerprint density at radius 1 is 0.913 bits per heavy atom. The van der Waals surface area contributed by atoms with Crippen LogP contribution in [0.15, 0.2) is 71.7 Å². The Labute approximate surface area is 273 Å². The van der Waals surface area contributed by atoms with Gasteiger partial charge < -0.3 is 26.8 Å². The number of aliphatic imine (C=N–C) groups is 1. The van der Waals surface area contributed by atoms with Crippen molar-refractivity contribution in [2.75, 3.05) is 13.1 Å². The van der Waals surface area contributed by atoms with Gasteiger partial charge in [0.25, 0.3) is 0 Å². The molecule has 0 aliphatic heterocycles. The van der Waals surface area contributed by atoms with E-state index in [4.69, 9.17) is 16.2 Å². The van der Waals surface area contributed by atoms with Gasteiger partial charge in [0.1, 0.15) is 6.61 Å². The van der Waals surface area contributed by atoms with Crippen molar-refractivity contribution < 1.29 is 23.9 Å². The number of hydrogen-bond acceptors (Lipinski definition) is 6. The fourth-order valence-corrected chi connectivity index (χ4v) is 4.96. The SMILES string of the molecule is CC(C)CC(CC(=O)C(CCCN=C(N)N)NC(=O)OCc1ccccc1)C(=O)NCC(CC(=O)/C=C/c1ccccc1)C(C)C. The molecule has 10 nitrogen and oxygen atoms in total. The van der Waals surface area contributed by atoms with Gasteiger partial charge in [-0.2, -0.15) is 0 Å². The first-order valence-corrected chi connectivity index (χ1v) is 16.0. The molecule has 0 spiro atoms. The molecule has 3 unspecified atom stereocenters. The van der Waals surface area contributed by atoms with Crippen molar-refractivity contribution in [1.29, 1.82) is 0 Å². The molecule has 10 heteroatoms. The van der Waals surface area contributed by atoms with Crippen molar-refractivity contribution in [3.05, 3.63) is 77.9 Å². The number of carbonyl (C=O) groups excluding carboxylic acids is 4. The van der Waals surface area contributed by atoms with Crippen LogP contribution < -0.4 is 22.1 Å². The van der Waals surface area contributed by atoms with Crippen LogP contribution in [0.4, 0.5) is 4.79 Å². The highest BCUT2D eigenvalue weighted by Gasteiger charge is 2.29. The number of benzene rings is 2. The zero-order valence-electron chi connectivity index (χ0n) is 27.6. The molecule has 3 atom stereocenters. The lowest BCUT2D eigenvalue weighted by atomic mass is 9.87. The normalized spacial score (nSPS) is 13.2. The maximum absolute atomic E-state index is 13.6. The smallest absolute Gasteiger partial charge is 0.408 e. The van der Waals surface area contributed by atoms with E-state index in [0.29, 0.717) is 32.4 Å². The van der Waals surface area contributed by atoms with Gasteiger partial charge in [-0.25, -0.2) is 4.79 Å². The van der Waals surface area contributed by atoms with E-state index >= 15 is 0 Å². The summed E-state index contributed by atoms with van der Waals surface area (Å²) < 4.78 is 5.35. The molecule has 0 heterocycles. The summed E-state index contributed by atoms with van der Waals surface area (Å²) >= 11 is 0. The number of ketones is 2. The Hall–Kier alpha value is -4.47. The van der Waals surface area contributed by atoms with Crippen molar-refractivity contribution in [2.24, 2.45) is 40.1 Å².